The average Bonchev–Trinajstić information content (AvgIpc) is 3.53. The Kier molecular flexibility index (Phi) is 7.74. The summed E-state index contributed by atoms with van der Waals surface area (Å²) in [4.78, 5) is 32.1. The van der Waals surface area contributed by atoms with Gasteiger partial charge in [-0.25, -0.2) is 0 Å². The molecule has 5 nitrogen and oxygen atoms in total. The Balaban J connectivity index is 1.52. The number of carbonyl (C=O) groups is 2. The molecule has 178 valence electrons. The summed E-state index contributed by atoms with van der Waals surface area (Å²) < 4.78 is 6.22. The fraction of sp³-hybridized carbons (Fsp3) is 0.556. The Labute approximate surface area is 201 Å². The van der Waals surface area contributed by atoms with Crippen LogP contribution < -0.4 is 4.74 Å². The third kappa shape index (κ3) is 5.26. The predicted molar refractivity (Wildman–Crippen MR) is 133 cm³/mol. The minimum atomic E-state index is -0.132. The van der Waals surface area contributed by atoms with Gasteiger partial charge >= 0.3 is 0 Å². The van der Waals surface area contributed by atoms with Gasteiger partial charge in [-0.2, -0.15) is 0 Å². The van der Waals surface area contributed by atoms with E-state index in [1.165, 1.54) is 10.4 Å². The van der Waals surface area contributed by atoms with Crippen LogP contribution >= 0.6 is 11.3 Å². The van der Waals surface area contributed by atoms with E-state index in [4.69, 9.17) is 4.74 Å². The molecule has 0 radical (unpaired) electrons. The lowest BCUT2D eigenvalue weighted by atomic mass is 10.00. The standard InChI is InChI=1S/C27H36N2O3S/c1-4-20(3)29(27(31)21-10-6-7-11-21)17-26(30)28-15-13-25-22(14-16-33-25)23(28)18-32-24-12-8-5-9-19(24)2/h5,8-9,12,14,16,20-21,23H,4,6-7,10-11,13,15,17-18H2,1-3H3/t20-,23-/m0/s1. The van der Waals surface area contributed by atoms with Gasteiger partial charge in [-0.05, 0) is 68.2 Å². The van der Waals surface area contributed by atoms with E-state index in [0.29, 0.717) is 13.2 Å². The Morgan fingerprint density at radius 3 is 2.70 bits per heavy atom. The normalized spacial score (nSPS) is 19.2. The monoisotopic (exact) mass is 468 g/mol. The van der Waals surface area contributed by atoms with Crippen molar-refractivity contribution in [3.05, 3.63) is 51.7 Å². The Morgan fingerprint density at radius 2 is 1.97 bits per heavy atom. The van der Waals surface area contributed by atoms with Gasteiger partial charge in [-0.3, -0.25) is 9.59 Å². The summed E-state index contributed by atoms with van der Waals surface area (Å²) in [6, 6.07) is 10.0. The van der Waals surface area contributed by atoms with Gasteiger partial charge in [0, 0.05) is 23.4 Å². The van der Waals surface area contributed by atoms with E-state index in [2.05, 4.69) is 25.3 Å². The zero-order valence-corrected chi connectivity index (χ0v) is 20.9. The van der Waals surface area contributed by atoms with Crippen molar-refractivity contribution in [1.82, 2.24) is 9.80 Å². The van der Waals surface area contributed by atoms with E-state index in [9.17, 15) is 9.59 Å². The maximum atomic E-state index is 13.6. The smallest absolute Gasteiger partial charge is 0.242 e. The topological polar surface area (TPSA) is 49.9 Å². The van der Waals surface area contributed by atoms with Crippen molar-refractivity contribution >= 4 is 23.2 Å². The number of amides is 2. The van der Waals surface area contributed by atoms with Crippen molar-refractivity contribution in [2.45, 2.75) is 71.4 Å². The molecule has 2 aromatic rings. The molecule has 6 heteroatoms. The molecule has 2 amide bonds. The van der Waals surface area contributed by atoms with Crippen molar-refractivity contribution in [2.24, 2.45) is 5.92 Å². The molecule has 1 aliphatic carbocycles. The van der Waals surface area contributed by atoms with E-state index in [1.807, 2.05) is 41.0 Å². The summed E-state index contributed by atoms with van der Waals surface area (Å²) in [6.45, 7) is 7.42. The molecule has 0 spiro atoms. The molecule has 0 N–H and O–H groups in total. The number of rotatable bonds is 8. The highest BCUT2D eigenvalue weighted by Crippen LogP contribution is 2.35. The number of para-hydroxylation sites is 1. The maximum Gasteiger partial charge on any atom is 0.242 e. The fourth-order valence-corrected chi connectivity index (χ4v) is 6.01. The summed E-state index contributed by atoms with van der Waals surface area (Å²) >= 11 is 1.75. The summed E-state index contributed by atoms with van der Waals surface area (Å²) in [7, 11) is 0. The summed E-state index contributed by atoms with van der Waals surface area (Å²) in [6.07, 6.45) is 5.84. The second-order valence-corrected chi connectivity index (χ2v) is 10.4. The van der Waals surface area contributed by atoms with Gasteiger partial charge in [-0.1, -0.05) is 38.0 Å². The van der Waals surface area contributed by atoms with Crippen molar-refractivity contribution < 1.29 is 14.3 Å². The number of ether oxygens (including phenoxy) is 1. The Bertz CT molecular complexity index is 966. The fourth-order valence-electron chi connectivity index (χ4n) is 5.08. The van der Waals surface area contributed by atoms with Crippen LogP contribution in [0.4, 0.5) is 0 Å². The first-order valence-electron chi connectivity index (χ1n) is 12.3. The SMILES string of the molecule is CC[C@H](C)N(CC(=O)N1CCc2sccc2[C@@H]1COc1ccccc1C)C(=O)C1CCCC1. The molecule has 1 aromatic carbocycles. The summed E-state index contributed by atoms with van der Waals surface area (Å²) in [5.41, 5.74) is 2.27. The number of thiophene rings is 1. The second kappa shape index (κ2) is 10.7. The molecule has 0 unspecified atom stereocenters. The molecule has 1 aromatic heterocycles. The van der Waals surface area contributed by atoms with Crippen LogP contribution in [0.1, 0.15) is 68.0 Å². The van der Waals surface area contributed by atoms with Crippen LogP contribution in [0.25, 0.3) is 0 Å². The highest BCUT2D eigenvalue weighted by Gasteiger charge is 2.36. The highest BCUT2D eigenvalue weighted by molar-refractivity contribution is 7.10. The zero-order valence-electron chi connectivity index (χ0n) is 20.1. The largest absolute Gasteiger partial charge is 0.491 e. The van der Waals surface area contributed by atoms with Gasteiger partial charge in [0.15, 0.2) is 0 Å². The van der Waals surface area contributed by atoms with Crippen LogP contribution in [0.2, 0.25) is 0 Å². The molecule has 1 aliphatic heterocycles. The number of nitrogens with zero attached hydrogens (tertiary/aromatic N) is 2. The van der Waals surface area contributed by atoms with Gasteiger partial charge in [-0.15, -0.1) is 11.3 Å². The van der Waals surface area contributed by atoms with Gasteiger partial charge in [0.05, 0.1) is 6.04 Å². The number of aryl methyl sites for hydroxylation is 1. The molecule has 1 fully saturated rings. The zero-order chi connectivity index (χ0) is 23.4. The van der Waals surface area contributed by atoms with Gasteiger partial charge in [0.2, 0.25) is 11.8 Å². The molecular weight excluding hydrogens is 432 g/mol. The first-order valence-corrected chi connectivity index (χ1v) is 13.2. The number of hydrogen-bond acceptors (Lipinski definition) is 4. The van der Waals surface area contributed by atoms with Crippen LogP contribution in [0.5, 0.6) is 5.75 Å². The van der Waals surface area contributed by atoms with Crippen molar-refractivity contribution in [1.29, 1.82) is 0 Å². The van der Waals surface area contributed by atoms with Crippen LogP contribution in [-0.2, 0) is 16.0 Å². The van der Waals surface area contributed by atoms with E-state index in [0.717, 1.165) is 49.8 Å². The van der Waals surface area contributed by atoms with Crippen LogP contribution in [0.3, 0.4) is 0 Å². The summed E-state index contributed by atoms with van der Waals surface area (Å²) in [5.74, 6) is 1.12. The van der Waals surface area contributed by atoms with Crippen LogP contribution in [0, 0.1) is 12.8 Å². The third-order valence-electron chi connectivity index (χ3n) is 7.32. The Morgan fingerprint density at radius 1 is 1.21 bits per heavy atom. The lowest BCUT2D eigenvalue weighted by molar-refractivity contribution is -0.146. The lowest BCUT2D eigenvalue weighted by Gasteiger charge is -2.38. The first kappa shape index (κ1) is 23.8. The molecule has 0 bridgehead atoms. The quantitative estimate of drug-likeness (QED) is 0.523. The van der Waals surface area contributed by atoms with Crippen molar-refractivity contribution in [3.63, 3.8) is 0 Å². The molecule has 2 atom stereocenters. The molecule has 2 heterocycles. The van der Waals surface area contributed by atoms with Crippen LogP contribution in [0.15, 0.2) is 35.7 Å². The highest BCUT2D eigenvalue weighted by atomic mass is 32.1. The van der Waals surface area contributed by atoms with Gasteiger partial charge in [0.1, 0.15) is 18.9 Å². The van der Waals surface area contributed by atoms with E-state index in [-0.39, 0.29) is 36.4 Å². The van der Waals surface area contributed by atoms with Crippen molar-refractivity contribution in [3.8, 4) is 5.75 Å². The van der Waals surface area contributed by atoms with E-state index in [1.54, 1.807) is 11.3 Å². The molecule has 1 saturated carbocycles. The maximum absolute atomic E-state index is 13.6. The van der Waals surface area contributed by atoms with Gasteiger partial charge < -0.3 is 14.5 Å². The summed E-state index contributed by atoms with van der Waals surface area (Å²) in [5, 5.41) is 2.11. The number of benzene rings is 1. The second-order valence-electron chi connectivity index (χ2n) is 9.43. The van der Waals surface area contributed by atoms with E-state index >= 15 is 0 Å². The molecule has 0 saturated heterocycles. The molecule has 4 rings (SSSR count). The minimum absolute atomic E-state index is 0.0249. The first-order chi connectivity index (χ1) is 16.0. The minimum Gasteiger partial charge on any atom is -0.491 e. The predicted octanol–water partition coefficient (Wildman–Crippen LogP) is 5.38. The Hall–Kier alpha value is -2.34. The molecule has 33 heavy (non-hydrogen) atoms. The number of hydrogen-bond donors (Lipinski definition) is 0. The third-order valence-corrected chi connectivity index (χ3v) is 8.32. The molecular formula is C27H36N2O3S. The van der Waals surface area contributed by atoms with Crippen LogP contribution in [-0.4, -0.2) is 47.4 Å². The number of carbonyl (C=O) groups excluding carboxylic acids is 2. The molecule has 2 aliphatic rings. The van der Waals surface area contributed by atoms with Gasteiger partial charge in [0.25, 0.3) is 0 Å². The van der Waals surface area contributed by atoms with E-state index < -0.39 is 0 Å². The average molecular weight is 469 g/mol. The lowest BCUT2D eigenvalue weighted by Crippen LogP contribution is -2.51. The van der Waals surface area contributed by atoms with Crippen molar-refractivity contribution in [2.75, 3.05) is 19.7 Å². The number of fused-ring (bicyclic) bond motifs is 1.